The van der Waals surface area contributed by atoms with Crippen LogP contribution in [-0.4, -0.2) is 20.7 Å². The largest absolute Gasteiger partial charge is 0.416 e. The molecule has 2 heterocycles. The van der Waals surface area contributed by atoms with Crippen LogP contribution in [0.15, 0.2) is 60.8 Å². The number of alkyl halides is 3. The number of nitrogens with one attached hydrogen (secondary N) is 1. The number of hydrogen-bond acceptors (Lipinski definition) is 4. The van der Waals surface area contributed by atoms with E-state index in [1.165, 1.54) is 17.4 Å². The average molecular weight is 485 g/mol. The molecule has 0 radical (unpaired) electrons. The Hall–Kier alpha value is -3.46. The molecule has 0 fully saturated rings. The number of benzene rings is 2. The SMILES string of the molecule is CCCc1c(C(=O)Nc2sc(Cc3cccc(C(F)(F)F)c3)nc2C)cnn1-c1ccccc1. The van der Waals surface area contributed by atoms with Gasteiger partial charge in [0.15, 0.2) is 0 Å². The van der Waals surface area contributed by atoms with Crippen molar-refractivity contribution in [3.05, 3.63) is 93.9 Å². The van der Waals surface area contributed by atoms with Gasteiger partial charge in [0.25, 0.3) is 5.91 Å². The third-order valence-corrected chi connectivity index (χ3v) is 6.35. The number of thiazole rings is 1. The van der Waals surface area contributed by atoms with Crippen LogP contribution in [0.3, 0.4) is 0 Å². The van der Waals surface area contributed by atoms with Crippen molar-refractivity contribution in [2.75, 3.05) is 5.32 Å². The summed E-state index contributed by atoms with van der Waals surface area (Å²) in [7, 11) is 0. The second-order valence-corrected chi connectivity index (χ2v) is 8.94. The lowest BCUT2D eigenvalue weighted by molar-refractivity contribution is -0.137. The van der Waals surface area contributed by atoms with Crippen LogP contribution < -0.4 is 5.32 Å². The molecule has 0 saturated heterocycles. The number of aryl methyl sites for hydroxylation is 1. The molecule has 34 heavy (non-hydrogen) atoms. The minimum atomic E-state index is -4.39. The van der Waals surface area contributed by atoms with Crippen molar-refractivity contribution in [1.29, 1.82) is 0 Å². The number of halogens is 3. The Morgan fingerprint density at radius 1 is 1.12 bits per heavy atom. The summed E-state index contributed by atoms with van der Waals surface area (Å²) in [5, 5.41) is 8.54. The quantitative estimate of drug-likeness (QED) is 0.328. The number of para-hydroxylation sites is 1. The minimum Gasteiger partial charge on any atom is -0.312 e. The Bertz CT molecular complexity index is 1300. The van der Waals surface area contributed by atoms with Gasteiger partial charge in [-0.2, -0.15) is 18.3 Å². The Morgan fingerprint density at radius 2 is 1.88 bits per heavy atom. The summed E-state index contributed by atoms with van der Waals surface area (Å²) >= 11 is 1.26. The fourth-order valence-corrected chi connectivity index (χ4v) is 4.67. The molecule has 0 aliphatic rings. The fourth-order valence-electron chi connectivity index (χ4n) is 3.68. The number of anilines is 1. The number of nitrogens with zero attached hydrogens (tertiary/aromatic N) is 3. The van der Waals surface area contributed by atoms with Crippen LogP contribution in [-0.2, 0) is 19.0 Å². The summed E-state index contributed by atoms with van der Waals surface area (Å²) in [4.78, 5) is 17.6. The first-order chi connectivity index (χ1) is 16.3. The van der Waals surface area contributed by atoms with E-state index in [2.05, 4.69) is 15.4 Å². The van der Waals surface area contributed by atoms with E-state index in [0.29, 0.717) is 33.3 Å². The summed E-state index contributed by atoms with van der Waals surface area (Å²) in [6.07, 6.45) is -1.06. The normalized spacial score (nSPS) is 11.6. The number of amides is 1. The molecule has 1 amide bonds. The number of hydrogen-bond donors (Lipinski definition) is 1. The van der Waals surface area contributed by atoms with E-state index >= 15 is 0 Å². The van der Waals surface area contributed by atoms with Gasteiger partial charge in [-0.1, -0.05) is 49.7 Å². The Kier molecular flexibility index (Phi) is 6.83. The highest BCUT2D eigenvalue weighted by Crippen LogP contribution is 2.31. The molecule has 0 unspecified atom stereocenters. The first-order valence-electron chi connectivity index (χ1n) is 10.8. The van der Waals surface area contributed by atoms with Gasteiger partial charge < -0.3 is 5.32 Å². The topological polar surface area (TPSA) is 59.8 Å². The summed E-state index contributed by atoms with van der Waals surface area (Å²) in [6, 6.07) is 14.8. The van der Waals surface area contributed by atoms with E-state index in [-0.39, 0.29) is 12.3 Å². The van der Waals surface area contributed by atoms with Gasteiger partial charge in [0, 0.05) is 6.42 Å². The van der Waals surface area contributed by atoms with Crippen molar-refractivity contribution < 1.29 is 18.0 Å². The van der Waals surface area contributed by atoms with E-state index in [4.69, 9.17) is 0 Å². The summed E-state index contributed by atoms with van der Waals surface area (Å²) < 4.78 is 40.8. The molecular formula is C25H23F3N4OS. The van der Waals surface area contributed by atoms with Crippen molar-refractivity contribution in [2.45, 2.75) is 39.3 Å². The lowest BCUT2D eigenvalue weighted by Gasteiger charge is -2.09. The first-order valence-corrected chi connectivity index (χ1v) is 11.6. The van der Waals surface area contributed by atoms with Crippen LogP contribution in [0.25, 0.3) is 5.69 Å². The minimum absolute atomic E-state index is 0.248. The standard InChI is InChI=1S/C25H23F3N4OS/c1-3-8-21-20(15-29-32(21)19-11-5-4-6-12-19)23(33)31-24-16(2)30-22(34-24)14-17-9-7-10-18(13-17)25(26,27)28/h4-7,9-13,15H,3,8,14H2,1-2H3,(H,31,33). The van der Waals surface area contributed by atoms with Crippen molar-refractivity contribution >= 4 is 22.2 Å². The molecule has 176 valence electrons. The molecule has 2 aromatic carbocycles. The molecule has 0 aliphatic carbocycles. The van der Waals surface area contributed by atoms with Crippen molar-refractivity contribution in [2.24, 2.45) is 0 Å². The second kappa shape index (κ2) is 9.80. The number of carbonyl (C=O) groups is 1. The van der Waals surface area contributed by atoms with Gasteiger partial charge >= 0.3 is 6.18 Å². The van der Waals surface area contributed by atoms with Crippen LogP contribution >= 0.6 is 11.3 Å². The van der Waals surface area contributed by atoms with Crippen molar-refractivity contribution in [1.82, 2.24) is 14.8 Å². The molecule has 0 atom stereocenters. The van der Waals surface area contributed by atoms with Gasteiger partial charge in [-0.05, 0) is 37.1 Å². The highest BCUT2D eigenvalue weighted by Gasteiger charge is 2.30. The zero-order chi connectivity index (χ0) is 24.3. The predicted octanol–water partition coefficient (Wildman–Crippen LogP) is 6.45. The van der Waals surface area contributed by atoms with Crippen molar-refractivity contribution in [3.63, 3.8) is 0 Å². The molecule has 5 nitrogen and oxygen atoms in total. The molecule has 0 bridgehead atoms. The van der Waals surface area contributed by atoms with Crippen LogP contribution in [0.1, 0.15) is 51.2 Å². The van der Waals surface area contributed by atoms with Gasteiger partial charge in [0.05, 0.1) is 39.4 Å². The molecule has 0 spiro atoms. The Morgan fingerprint density at radius 3 is 2.59 bits per heavy atom. The van der Waals surface area contributed by atoms with E-state index in [0.717, 1.165) is 29.9 Å². The number of aromatic nitrogens is 3. The van der Waals surface area contributed by atoms with Gasteiger partial charge in [-0.25, -0.2) is 9.67 Å². The molecular weight excluding hydrogens is 461 g/mol. The van der Waals surface area contributed by atoms with Crippen LogP contribution in [0.5, 0.6) is 0 Å². The second-order valence-electron chi connectivity index (χ2n) is 7.85. The van der Waals surface area contributed by atoms with Gasteiger partial charge in [-0.3, -0.25) is 4.79 Å². The van der Waals surface area contributed by atoms with E-state index < -0.39 is 11.7 Å². The molecule has 2 aromatic heterocycles. The zero-order valence-corrected chi connectivity index (χ0v) is 19.5. The lowest BCUT2D eigenvalue weighted by Crippen LogP contribution is -2.14. The summed E-state index contributed by atoms with van der Waals surface area (Å²) in [5.41, 5.74) is 2.62. The molecule has 9 heteroatoms. The fraction of sp³-hybridized carbons (Fsp3) is 0.240. The third kappa shape index (κ3) is 5.20. The highest BCUT2D eigenvalue weighted by atomic mass is 32.1. The van der Waals surface area contributed by atoms with E-state index in [1.54, 1.807) is 23.9 Å². The van der Waals surface area contributed by atoms with Crippen LogP contribution in [0, 0.1) is 6.92 Å². The Labute approximate surface area is 199 Å². The third-order valence-electron chi connectivity index (χ3n) is 5.28. The smallest absolute Gasteiger partial charge is 0.312 e. The average Bonchev–Trinajstić information content (AvgIpc) is 3.37. The van der Waals surface area contributed by atoms with Gasteiger partial charge in [-0.15, -0.1) is 11.3 Å². The monoisotopic (exact) mass is 484 g/mol. The van der Waals surface area contributed by atoms with E-state index in [9.17, 15) is 18.0 Å². The van der Waals surface area contributed by atoms with Gasteiger partial charge in [0.2, 0.25) is 0 Å². The molecule has 1 N–H and O–H groups in total. The number of carbonyl (C=O) groups excluding carboxylic acids is 1. The molecule has 4 aromatic rings. The maximum absolute atomic E-state index is 13.1. The van der Waals surface area contributed by atoms with Crippen LogP contribution in [0.4, 0.5) is 18.2 Å². The molecule has 4 rings (SSSR count). The first kappa shape index (κ1) is 23.7. The summed E-state index contributed by atoms with van der Waals surface area (Å²) in [5.74, 6) is -0.289. The lowest BCUT2D eigenvalue weighted by atomic mass is 10.1. The zero-order valence-electron chi connectivity index (χ0n) is 18.7. The predicted molar refractivity (Wildman–Crippen MR) is 127 cm³/mol. The summed E-state index contributed by atoms with van der Waals surface area (Å²) in [6.45, 7) is 3.81. The highest BCUT2D eigenvalue weighted by molar-refractivity contribution is 7.16. The molecule has 0 aliphatic heterocycles. The molecule has 0 saturated carbocycles. The van der Waals surface area contributed by atoms with E-state index in [1.807, 2.05) is 37.3 Å². The van der Waals surface area contributed by atoms with Crippen molar-refractivity contribution in [3.8, 4) is 5.69 Å². The van der Waals surface area contributed by atoms with Gasteiger partial charge in [0.1, 0.15) is 5.00 Å². The number of rotatable bonds is 7. The maximum Gasteiger partial charge on any atom is 0.416 e. The van der Waals surface area contributed by atoms with Crippen LogP contribution in [0.2, 0.25) is 0 Å². The maximum atomic E-state index is 13.1. The Balaban J connectivity index is 1.54.